The number of esters is 1. The van der Waals surface area contributed by atoms with Crippen LogP contribution in [0.1, 0.15) is 40.5 Å². The van der Waals surface area contributed by atoms with Gasteiger partial charge in [-0.2, -0.15) is 0 Å². The van der Waals surface area contributed by atoms with Crippen LogP contribution in [0.3, 0.4) is 0 Å². The Morgan fingerprint density at radius 1 is 1.14 bits per heavy atom. The molecule has 0 aromatic heterocycles. The van der Waals surface area contributed by atoms with E-state index < -0.39 is 5.97 Å². The maximum Gasteiger partial charge on any atom is 0.335 e. The summed E-state index contributed by atoms with van der Waals surface area (Å²) in [5.74, 6) is -1.88. The zero-order valence-electron chi connectivity index (χ0n) is 16.3. The molecular formula is C22H24N2O5. The smallest absolute Gasteiger partial charge is 0.335 e. The summed E-state index contributed by atoms with van der Waals surface area (Å²) in [6, 6.07) is 13.3. The molecule has 1 atom stereocenters. The van der Waals surface area contributed by atoms with Crippen LogP contribution in [-0.2, 0) is 9.53 Å². The number of nitrogens with zero attached hydrogens (tertiary/aromatic N) is 1. The standard InChI is InChI=1S/C22H24N2O5/c1-2-29-22(28)17-9-6-12-24(14-17)19-11-10-16(21(26)27)13-18(19)23-20(25)15-7-4-3-5-8-15/h3-5,7-8,10-11,13,17H,2,6,9,12,14H2,1H3,(H,23,25)(H,26,27). The van der Waals surface area contributed by atoms with Crippen molar-refractivity contribution in [3.63, 3.8) is 0 Å². The quantitative estimate of drug-likeness (QED) is 0.727. The molecule has 1 amide bonds. The van der Waals surface area contributed by atoms with Gasteiger partial charge in [0, 0.05) is 18.7 Å². The maximum absolute atomic E-state index is 12.6. The molecule has 1 aliphatic rings. The van der Waals surface area contributed by atoms with Gasteiger partial charge in [0.2, 0.25) is 0 Å². The number of anilines is 2. The fourth-order valence-corrected chi connectivity index (χ4v) is 3.48. The Labute approximate surface area is 169 Å². The molecule has 7 nitrogen and oxygen atoms in total. The molecule has 2 aromatic rings. The van der Waals surface area contributed by atoms with Gasteiger partial charge in [0.15, 0.2) is 0 Å². The molecule has 0 aliphatic carbocycles. The van der Waals surface area contributed by atoms with Gasteiger partial charge in [-0.25, -0.2) is 4.79 Å². The average Bonchev–Trinajstić information content (AvgIpc) is 2.74. The van der Waals surface area contributed by atoms with E-state index in [-0.39, 0.29) is 23.4 Å². The first-order valence-electron chi connectivity index (χ1n) is 9.65. The topological polar surface area (TPSA) is 95.9 Å². The average molecular weight is 396 g/mol. The first-order chi connectivity index (χ1) is 14.0. The summed E-state index contributed by atoms with van der Waals surface area (Å²) < 4.78 is 5.16. The Kier molecular flexibility index (Phi) is 6.49. The number of carbonyl (C=O) groups excluding carboxylic acids is 2. The van der Waals surface area contributed by atoms with Crippen LogP contribution in [0.25, 0.3) is 0 Å². The normalized spacial score (nSPS) is 16.2. The van der Waals surface area contributed by atoms with Crippen LogP contribution < -0.4 is 10.2 Å². The fourth-order valence-electron chi connectivity index (χ4n) is 3.48. The third-order valence-electron chi connectivity index (χ3n) is 4.91. The highest BCUT2D eigenvalue weighted by atomic mass is 16.5. The van der Waals surface area contributed by atoms with E-state index in [4.69, 9.17) is 4.74 Å². The molecule has 152 valence electrons. The summed E-state index contributed by atoms with van der Waals surface area (Å²) in [6.45, 7) is 3.28. The number of hydrogen-bond acceptors (Lipinski definition) is 5. The predicted octanol–water partition coefficient (Wildman–Crippen LogP) is 3.42. The monoisotopic (exact) mass is 396 g/mol. The van der Waals surface area contributed by atoms with Crippen LogP contribution in [0.2, 0.25) is 0 Å². The Balaban J connectivity index is 1.88. The van der Waals surface area contributed by atoms with Crippen molar-refractivity contribution in [1.82, 2.24) is 0 Å². The first-order valence-corrected chi connectivity index (χ1v) is 9.65. The highest BCUT2D eigenvalue weighted by Gasteiger charge is 2.28. The number of aromatic carboxylic acids is 1. The molecule has 1 heterocycles. The molecular weight excluding hydrogens is 372 g/mol. The highest BCUT2D eigenvalue weighted by Crippen LogP contribution is 2.32. The fraction of sp³-hybridized carbons (Fsp3) is 0.318. The van der Waals surface area contributed by atoms with E-state index in [1.165, 1.54) is 12.1 Å². The second-order valence-electron chi connectivity index (χ2n) is 6.89. The molecule has 1 fully saturated rings. The number of amides is 1. The number of piperidine rings is 1. The van der Waals surface area contributed by atoms with Crippen LogP contribution in [-0.4, -0.2) is 42.6 Å². The number of carboxylic acid groups (broad SMARTS) is 1. The lowest BCUT2D eigenvalue weighted by Crippen LogP contribution is -2.39. The van der Waals surface area contributed by atoms with Crippen molar-refractivity contribution in [1.29, 1.82) is 0 Å². The molecule has 0 spiro atoms. The third-order valence-corrected chi connectivity index (χ3v) is 4.91. The van der Waals surface area contributed by atoms with E-state index in [0.717, 1.165) is 12.8 Å². The van der Waals surface area contributed by atoms with Crippen LogP contribution in [0.15, 0.2) is 48.5 Å². The third kappa shape index (κ3) is 4.93. The number of ether oxygens (including phenoxy) is 1. The maximum atomic E-state index is 12.6. The van der Waals surface area contributed by atoms with Gasteiger partial charge in [0.05, 0.1) is 29.5 Å². The van der Waals surface area contributed by atoms with Gasteiger partial charge < -0.3 is 20.1 Å². The van der Waals surface area contributed by atoms with E-state index in [0.29, 0.717) is 36.6 Å². The SMILES string of the molecule is CCOC(=O)C1CCCN(c2ccc(C(=O)O)cc2NC(=O)c2ccccc2)C1. The molecule has 7 heteroatoms. The number of hydrogen-bond donors (Lipinski definition) is 2. The van der Waals surface area contributed by atoms with Gasteiger partial charge in [-0.3, -0.25) is 9.59 Å². The zero-order valence-corrected chi connectivity index (χ0v) is 16.3. The summed E-state index contributed by atoms with van der Waals surface area (Å²) >= 11 is 0. The number of carbonyl (C=O) groups is 3. The minimum Gasteiger partial charge on any atom is -0.478 e. The summed E-state index contributed by atoms with van der Waals surface area (Å²) in [6.07, 6.45) is 1.55. The van der Waals surface area contributed by atoms with Crippen molar-refractivity contribution < 1.29 is 24.2 Å². The minimum atomic E-state index is -1.07. The molecule has 3 rings (SSSR count). The van der Waals surface area contributed by atoms with E-state index >= 15 is 0 Å². The van der Waals surface area contributed by atoms with Gasteiger partial charge in [0.1, 0.15) is 0 Å². The largest absolute Gasteiger partial charge is 0.478 e. The zero-order chi connectivity index (χ0) is 20.8. The molecule has 0 bridgehead atoms. The van der Waals surface area contributed by atoms with E-state index in [9.17, 15) is 19.5 Å². The van der Waals surface area contributed by atoms with Gasteiger partial charge in [-0.15, -0.1) is 0 Å². The van der Waals surface area contributed by atoms with E-state index in [2.05, 4.69) is 5.32 Å². The molecule has 2 aromatic carbocycles. The lowest BCUT2D eigenvalue weighted by Gasteiger charge is -2.34. The first kappa shape index (κ1) is 20.4. The molecule has 1 aliphatic heterocycles. The van der Waals surface area contributed by atoms with Crippen molar-refractivity contribution in [2.75, 3.05) is 29.9 Å². The van der Waals surface area contributed by atoms with Crippen molar-refractivity contribution >= 4 is 29.2 Å². The Hall–Kier alpha value is -3.35. The van der Waals surface area contributed by atoms with E-state index in [1.54, 1.807) is 37.3 Å². The number of carboxylic acids is 1. The molecule has 2 N–H and O–H groups in total. The highest BCUT2D eigenvalue weighted by molar-refractivity contribution is 6.06. The van der Waals surface area contributed by atoms with Gasteiger partial charge in [0.25, 0.3) is 5.91 Å². The van der Waals surface area contributed by atoms with Crippen molar-refractivity contribution in [3.8, 4) is 0 Å². The molecule has 0 saturated carbocycles. The molecule has 29 heavy (non-hydrogen) atoms. The number of rotatable bonds is 6. The van der Waals surface area contributed by atoms with Crippen molar-refractivity contribution in [2.45, 2.75) is 19.8 Å². The second-order valence-corrected chi connectivity index (χ2v) is 6.89. The predicted molar refractivity (Wildman–Crippen MR) is 109 cm³/mol. The van der Waals surface area contributed by atoms with Gasteiger partial charge >= 0.3 is 11.9 Å². The summed E-state index contributed by atoms with van der Waals surface area (Å²) in [5.41, 5.74) is 1.65. The summed E-state index contributed by atoms with van der Waals surface area (Å²) in [5, 5.41) is 12.2. The van der Waals surface area contributed by atoms with Crippen LogP contribution in [0, 0.1) is 5.92 Å². The van der Waals surface area contributed by atoms with Gasteiger partial charge in [-0.05, 0) is 50.1 Å². The minimum absolute atomic E-state index is 0.0797. The molecule has 1 unspecified atom stereocenters. The number of nitrogens with one attached hydrogen (secondary N) is 1. The number of benzene rings is 2. The van der Waals surface area contributed by atoms with Crippen LogP contribution in [0.5, 0.6) is 0 Å². The Morgan fingerprint density at radius 3 is 2.59 bits per heavy atom. The lowest BCUT2D eigenvalue weighted by atomic mass is 9.97. The molecule has 0 radical (unpaired) electrons. The molecule has 1 saturated heterocycles. The summed E-state index contributed by atoms with van der Waals surface area (Å²) in [4.78, 5) is 38.2. The van der Waals surface area contributed by atoms with Crippen LogP contribution in [0.4, 0.5) is 11.4 Å². The Morgan fingerprint density at radius 2 is 1.90 bits per heavy atom. The van der Waals surface area contributed by atoms with E-state index in [1.807, 2.05) is 11.0 Å². The van der Waals surface area contributed by atoms with Gasteiger partial charge in [-0.1, -0.05) is 18.2 Å². The second kappa shape index (κ2) is 9.23. The lowest BCUT2D eigenvalue weighted by molar-refractivity contribution is -0.148. The summed E-state index contributed by atoms with van der Waals surface area (Å²) in [7, 11) is 0. The van der Waals surface area contributed by atoms with Crippen molar-refractivity contribution in [2.24, 2.45) is 5.92 Å². The Bertz CT molecular complexity index is 897. The van der Waals surface area contributed by atoms with Crippen molar-refractivity contribution in [3.05, 3.63) is 59.7 Å². The van der Waals surface area contributed by atoms with Crippen LogP contribution >= 0.6 is 0 Å².